The number of nitrogens with two attached hydrogens (primary N) is 1. The minimum atomic E-state index is -0.471. The minimum Gasteiger partial charge on any atom is -0.366 e. The first kappa shape index (κ1) is 10.6. The van der Waals surface area contributed by atoms with Crippen molar-refractivity contribution in [2.75, 3.05) is 5.32 Å². The van der Waals surface area contributed by atoms with Gasteiger partial charge in [-0.1, -0.05) is 0 Å². The lowest BCUT2D eigenvalue weighted by Crippen LogP contribution is -2.11. The molecule has 0 saturated carbocycles. The van der Waals surface area contributed by atoms with Gasteiger partial charge in [-0.05, 0) is 12.1 Å². The van der Waals surface area contributed by atoms with E-state index in [0.29, 0.717) is 17.9 Å². The van der Waals surface area contributed by atoms with Crippen LogP contribution in [0.15, 0.2) is 30.0 Å². The SMILES string of the molecule is NC(=O)c1ccc(NCc2cncs2)nc1. The molecule has 16 heavy (non-hydrogen) atoms. The van der Waals surface area contributed by atoms with Crippen molar-refractivity contribution in [1.82, 2.24) is 9.97 Å². The lowest BCUT2D eigenvalue weighted by atomic mass is 10.3. The summed E-state index contributed by atoms with van der Waals surface area (Å²) in [5, 5.41) is 3.12. The molecule has 6 heteroatoms. The van der Waals surface area contributed by atoms with E-state index in [9.17, 15) is 4.79 Å². The average Bonchev–Trinajstić information content (AvgIpc) is 2.80. The first-order chi connectivity index (χ1) is 7.75. The van der Waals surface area contributed by atoms with Gasteiger partial charge in [0, 0.05) is 17.3 Å². The molecular formula is C10H10N4OS. The molecule has 82 valence electrons. The number of thiazole rings is 1. The first-order valence-corrected chi connectivity index (χ1v) is 5.51. The summed E-state index contributed by atoms with van der Waals surface area (Å²) >= 11 is 1.57. The van der Waals surface area contributed by atoms with E-state index in [2.05, 4.69) is 15.3 Å². The molecule has 0 aliphatic rings. The van der Waals surface area contributed by atoms with Crippen molar-refractivity contribution >= 4 is 23.1 Å². The van der Waals surface area contributed by atoms with E-state index in [1.165, 1.54) is 6.20 Å². The molecule has 0 saturated heterocycles. The number of rotatable bonds is 4. The molecular weight excluding hydrogens is 224 g/mol. The zero-order valence-electron chi connectivity index (χ0n) is 8.38. The van der Waals surface area contributed by atoms with Gasteiger partial charge in [-0.3, -0.25) is 9.78 Å². The molecule has 0 aromatic carbocycles. The van der Waals surface area contributed by atoms with Crippen LogP contribution in [0.3, 0.4) is 0 Å². The molecule has 0 bridgehead atoms. The van der Waals surface area contributed by atoms with Crippen molar-refractivity contribution in [1.29, 1.82) is 0 Å². The molecule has 0 unspecified atom stereocenters. The third kappa shape index (κ3) is 2.54. The van der Waals surface area contributed by atoms with Crippen LogP contribution in [0, 0.1) is 0 Å². The number of pyridine rings is 1. The van der Waals surface area contributed by atoms with Crippen molar-refractivity contribution in [3.05, 3.63) is 40.5 Å². The summed E-state index contributed by atoms with van der Waals surface area (Å²) in [6.07, 6.45) is 3.26. The van der Waals surface area contributed by atoms with E-state index >= 15 is 0 Å². The van der Waals surface area contributed by atoms with E-state index in [4.69, 9.17) is 5.73 Å². The van der Waals surface area contributed by atoms with Crippen LogP contribution in [0.1, 0.15) is 15.2 Å². The number of carbonyl (C=O) groups excluding carboxylic acids is 1. The minimum absolute atomic E-state index is 0.406. The predicted octanol–water partition coefficient (Wildman–Crippen LogP) is 1.25. The van der Waals surface area contributed by atoms with Crippen LogP contribution in [0.5, 0.6) is 0 Å². The molecule has 0 spiro atoms. The summed E-state index contributed by atoms with van der Waals surface area (Å²) in [5.41, 5.74) is 7.29. The van der Waals surface area contributed by atoms with Crippen LogP contribution in [0.25, 0.3) is 0 Å². The normalized spacial score (nSPS) is 10.0. The van der Waals surface area contributed by atoms with Crippen LogP contribution in [-0.2, 0) is 6.54 Å². The van der Waals surface area contributed by atoms with E-state index in [1.807, 2.05) is 0 Å². The summed E-state index contributed by atoms with van der Waals surface area (Å²) in [6, 6.07) is 3.37. The fourth-order valence-electron chi connectivity index (χ4n) is 1.15. The van der Waals surface area contributed by atoms with Gasteiger partial charge in [0.15, 0.2) is 0 Å². The Balaban J connectivity index is 1.98. The second kappa shape index (κ2) is 4.71. The molecule has 2 aromatic heterocycles. The Morgan fingerprint density at radius 2 is 2.31 bits per heavy atom. The molecule has 0 atom stereocenters. The van der Waals surface area contributed by atoms with Gasteiger partial charge in [0.05, 0.1) is 17.6 Å². The second-order valence-electron chi connectivity index (χ2n) is 3.12. The number of hydrogen-bond acceptors (Lipinski definition) is 5. The number of carbonyl (C=O) groups is 1. The maximum Gasteiger partial charge on any atom is 0.250 e. The molecule has 3 N–H and O–H groups in total. The van der Waals surface area contributed by atoms with Crippen molar-refractivity contribution in [2.24, 2.45) is 5.73 Å². The number of hydrogen-bond donors (Lipinski definition) is 2. The highest BCUT2D eigenvalue weighted by atomic mass is 32.1. The molecule has 0 fully saturated rings. The van der Waals surface area contributed by atoms with Gasteiger partial charge in [0.2, 0.25) is 5.91 Å². The number of anilines is 1. The molecule has 0 aliphatic carbocycles. The summed E-state index contributed by atoms with van der Waals surface area (Å²) in [7, 11) is 0. The molecule has 0 aliphatic heterocycles. The van der Waals surface area contributed by atoms with Crippen molar-refractivity contribution in [3.8, 4) is 0 Å². The van der Waals surface area contributed by atoms with E-state index in [1.54, 1.807) is 35.2 Å². The van der Waals surface area contributed by atoms with Crippen LogP contribution in [-0.4, -0.2) is 15.9 Å². The van der Waals surface area contributed by atoms with Gasteiger partial charge in [0.25, 0.3) is 0 Å². The maximum atomic E-state index is 10.8. The number of nitrogens with zero attached hydrogens (tertiary/aromatic N) is 2. The lowest BCUT2D eigenvalue weighted by Gasteiger charge is -2.03. The van der Waals surface area contributed by atoms with Gasteiger partial charge in [-0.2, -0.15) is 0 Å². The number of aromatic nitrogens is 2. The Bertz CT molecular complexity index is 466. The highest BCUT2D eigenvalue weighted by Crippen LogP contribution is 2.09. The predicted molar refractivity (Wildman–Crippen MR) is 62.2 cm³/mol. The Kier molecular flexibility index (Phi) is 3.11. The highest BCUT2D eigenvalue weighted by Gasteiger charge is 2.01. The second-order valence-corrected chi connectivity index (χ2v) is 4.09. The van der Waals surface area contributed by atoms with Gasteiger partial charge >= 0.3 is 0 Å². The Hall–Kier alpha value is -1.95. The molecule has 2 aromatic rings. The Morgan fingerprint density at radius 3 is 2.88 bits per heavy atom. The summed E-state index contributed by atoms with van der Waals surface area (Å²) in [5.74, 6) is 0.236. The lowest BCUT2D eigenvalue weighted by molar-refractivity contribution is 0.1000. The molecule has 2 rings (SSSR count). The zero-order chi connectivity index (χ0) is 11.4. The van der Waals surface area contributed by atoms with Crippen LogP contribution >= 0.6 is 11.3 Å². The first-order valence-electron chi connectivity index (χ1n) is 4.63. The van der Waals surface area contributed by atoms with Crippen molar-refractivity contribution in [2.45, 2.75) is 6.54 Å². The molecule has 5 nitrogen and oxygen atoms in total. The third-order valence-corrected chi connectivity index (χ3v) is 2.75. The zero-order valence-corrected chi connectivity index (χ0v) is 9.20. The average molecular weight is 234 g/mol. The van der Waals surface area contributed by atoms with Gasteiger partial charge < -0.3 is 11.1 Å². The van der Waals surface area contributed by atoms with Crippen molar-refractivity contribution < 1.29 is 4.79 Å². The third-order valence-electron chi connectivity index (χ3n) is 1.98. The summed E-state index contributed by atoms with van der Waals surface area (Å²) < 4.78 is 0. The van der Waals surface area contributed by atoms with Gasteiger partial charge in [-0.15, -0.1) is 11.3 Å². The maximum absolute atomic E-state index is 10.8. The molecule has 2 heterocycles. The monoisotopic (exact) mass is 234 g/mol. The summed E-state index contributed by atoms with van der Waals surface area (Å²) in [4.78, 5) is 20.0. The summed E-state index contributed by atoms with van der Waals surface area (Å²) in [6.45, 7) is 0.674. The number of nitrogens with one attached hydrogen (secondary N) is 1. The van der Waals surface area contributed by atoms with E-state index in [0.717, 1.165) is 4.88 Å². The fourth-order valence-corrected chi connectivity index (χ4v) is 1.69. The number of primary amides is 1. The van der Waals surface area contributed by atoms with Crippen LogP contribution in [0.2, 0.25) is 0 Å². The largest absolute Gasteiger partial charge is 0.366 e. The topological polar surface area (TPSA) is 80.9 Å². The van der Waals surface area contributed by atoms with Gasteiger partial charge in [-0.25, -0.2) is 4.98 Å². The van der Waals surface area contributed by atoms with Crippen LogP contribution < -0.4 is 11.1 Å². The highest BCUT2D eigenvalue weighted by molar-refractivity contribution is 7.09. The van der Waals surface area contributed by atoms with Crippen LogP contribution in [0.4, 0.5) is 5.82 Å². The standard InChI is InChI=1S/C10H10N4OS/c11-10(15)7-1-2-9(13-3-7)14-5-8-4-12-6-16-8/h1-4,6H,5H2,(H2,11,15)(H,13,14). The van der Waals surface area contributed by atoms with Crippen molar-refractivity contribution in [3.63, 3.8) is 0 Å². The van der Waals surface area contributed by atoms with E-state index in [-0.39, 0.29) is 0 Å². The number of amides is 1. The fraction of sp³-hybridized carbons (Fsp3) is 0.100. The Morgan fingerprint density at radius 1 is 1.44 bits per heavy atom. The van der Waals surface area contributed by atoms with Gasteiger partial charge in [0.1, 0.15) is 5.82 Å². The molecule has 1 amide bonds. The Labute approximate surface area is 96.3 Å². The smallest absolute Gasteiger partial charge is 0.250 e. The quantitative estimate of drug-likeness (QED) is 0.834. The van der Waals surface area contributed by atoms with E-state index < -0.39 is 5.91 Å². The molecule has 0 radical (unpaired) electrons.